The Labute approximate surface area is 194 Å². The second-order valence-corrected chi connectivity index (χ2v) is 8.61. The number of thiazole rings is 1. The molecule has 0 fully saturated rings. The molecule has 0 saturated heterocycles. The van der Waals surface area contributed by atoms with E-state index in [2.05, 4.69) is 27.8 Å². The number of hydrogen-bond donors (Lipinski definition) is 3. The van der Waals surface area contributed by atoms with Gasteiger partial charge >= 0.3 is 12.1 Å². The predicted octanol–water partition coefficient (Wildman–Crippen LogP) is 3.43. The number of aromatic carboxylic acids is 1. The zero-order valence-electron chi connectivity index (χ0n) is 17.9. The van der Waals surface area contributed by atoms with Crippen LogP contribution in [0.1, 0.15) is 39.5 Å². The molecule has 1 atom stereocenters. The van der Waals surface area contributed by atoms with Gasteiger partial charge in [-0.2, -0.15) is 0 Å². The van der Waals surface area contributed by atoms with Gasteiger partial charge < -0.3 is 20.5 Å². The summed E-state index contributed by atoms with van der Waals surface area (Å²) in [6.45, 7) is 2.02. The van der Waals surface area contributed by atoms with Crippen molar-refractivity contribution in [2.24, 2.45) is 0 Å². The van der Waals surface area contributed by atoms with Crippen LogP contribution in [0, 0.1) is 0 Å². The maximum absolute atomic E-state index is 12.3. The van der Waals surface area contributed by atoms with Crippen molar-refractivity contribution in [3.05, 3.63) is 75.7 Å². The molecule has 0 saturated carbocycles. The van der Waals surface area contributed by atoms with E-state index in [1.807, 2.05) is 36.4 Å². The van der Waals surface area contributed by atoms with Crippen LogP contribution in [0.5, 0.6) is 0 Å². The largest absolute Gasteiger partial charge is 0.476 e. The Bertz CT molecular complexity index is 1150. The standard InChI is InChI=1S/C24H23N3O5S/c1-14(22(28)25-11-10-21-27-20(13-33-21)23(29)30)26-24(31)32-12-19-17-8-4-2-6-15(17)16-7-3-5-9-18(16)19/h2-9,13-14,19H,10-12H2,1H3,(H,25,28)(H,26,31)(H,29,30). The fourth-order valence-electron chi connectivity index (χ4n) is 3.85. The highest BCUT2D eigenvalue weighted by atomic mass is 32.1. The van der Waals surface area contributed by atoms with Gasteiger partial charge in [-0.1, -0.05) is 48.5 Å². The zero-order chi connectivity index (χ0) is 23.4. The summed E-state index contributed by atoms with van der Waals surface area (Å²) in [4.78, 5) is 39.4. The zero-order valence-corrected chi connectivity index (χ0v) is 18.7. The number of aromatic nitrogens is 1. The number of hydrogen-bond acceptors (Lipinski definition) is 6. The SMILES string of the molecule is CC(NC(=O)OCC1c2ccccc2-c2ccccc21)C(=O)NCCc1nc(C(=O)O)cs1. The fourth-order valence-corrected chi connectivity index (χ4v) is 4.62. The summed E-state index contributed by atoms with van der Waals surface area (Å²) in [6, 6.07) is 15.3. The maximum Gasteiger partial charge on any atom is 0.407 e. The van der Waals surface area contributed by atoms with E-state index in [9.17, 15) is 14.4 Å². The summed E-state index contributed by atoms with van der Waals surface area (Å²) in [5, 5.41) is 16.2. The molecule has 3 aromatic rings. The van der Waals surface area contributed by atoms with Crippen LogP contribution < -0.4 is 10.6 Å². The van der Waals surface area contributed by atoms with E-state index in [4.69, 9.17) is 9.84 Å². The Balaban J connectivity index is 1.25. The number of fused-ring (bicyclic) bond motifs is 3. The van der Waals surface area contributed by atoms with Crippen LogP contribution in [0.4, 0.5) is 4.79 Å². The first-order valence-corrected chi connectivity index (χ1v) is 11.4. The van der Waals surface area contributed by atoms with Gasteiger partial charge in [-0.3, -0.25) is 4.79 Å². The molecule has 170 valence electrons. The summed E-state index contributed by atoms with van der Waals surface area (Å²) in [5.74, 6) is -1.50. The molecule has 4 rings (SSSR count). The number of amides is 2. The summed E-state index contributed by atoms with van der Waals surface area (Å²) in [7, 11) is 0. The van der Waals surface area contributed by atoms with Gasteiger partial charge in [-0.15, -0.1) is 11.3 Å². The minimum atomic E-state index is -1.08. The maximum atomic E-state index is 12.3. The van der Waals surface area contributed by atoms with Crippen molar-refractivity contribution >= 4 is 29.3 Å². The van der Waals surface area contributed by atoms with Crippen LogP contribution in [0.15, 0.2) is 53.9 Å². The lowest BCUT2D eigenvalue weighted by molar-refractivity contribution is -0.122. The third-order valence-electron chi connectivity index (χ3n) is 5.48. The molecular formula is C24H23N3O5S. The third-order valence-corrected chi connectivity index (χ3v) is 6.39. The summed E-state index contributed by atoms with van der Waals surface area (Å²) in [6.07, 6.45) is -0.257. The summed E-state index contributed by atoms with van der Waals surface area (Å²) in [5.41, 5.74) is 4.51. The van der Waals surface area contributed by atoms with Crippen molar-refractivity contribution in [3.8, 4) is 11.1 Å². The second kappa shape index (κ2) is 9.83. The molecule has 1 aromatic heterocycles. The molecule has 0 radical (unpaired) electrons. The van der Waals surface area contributed by atoms with Gasteiger partial charge in [0.2, 0.25) is 5.91 Å². The first-order chi connectivity index (χ1) is 15.9. The fraction of sp³-hybridized carbons (Fsp3) is 0.250. The van der Waals surface area contributed by atoms with E-state index < -0.39 is 18.1 Å². The Morgan fingerprint density at radius 2 is 1.73 bits per heavy atom. The lowest BCUT2D eigenvalue weighted by Gasteiger charge is -2.17. The van der Waals surface area contributed by atoms with Crippen LogP contribution in [-0.4, -0.2) is 47.3 Å². The molecular weight excluding hydrogens is 442 g/mol. The number of carboxylic acid groups (broad SMARTS) is 1. The quantitative estimate of drug-likeness (QED) is 0.469. The van der Waals surface area contributed by atoms with Gasteiger partial charge in [0, 0.05) is 24.3 Å². The number of carboxylic acids is 1. The van der Waals surface area contributed by atoms with Gasteiger partial charge in [0.15, 0.2) is 5.69 Å². The van der Waals surface area contributed by atoms with Crippen molar-refractivity contribution in [3.63, 3.8) is 0 Å². The van der Waals surface area contributed by atoms with Crippen molar-refractivity contribution in [1.29, 1.82) is 0 Å². The second-order valence-electron chi connectivity index (χ2n) is 7.66. The van der Waals surface area contributed by atoms with Gasteiger partial charge in [-0.05, 0) is 29.2 Å². The first-order valence-electron chi connectivity index (χ1n) is 10.5. The van der Waals surface area contributed by atoms with Crippen LogP contribution in [0.2, 0.25) is 0 Å². The van der Waals surface area contributed by atoms with Crippen LogP contribution in [0.25, 0.3) is 11.1 Å². The monoisotopic (exact) mass is 465 g/mol. The molecule has 1 heterocycles. The highest BCUT2D eigenvalue weighted by Gasteiger charge is 2.29. The van der Waals surface area contributed by atoms with Crippen molar-refractivity contribution in [2.45, 2.75) is 25.3 Å². The van der Waals surface area contributed by atoms with E-state index in [1.165, 1.54) is 16.7 Å². The van der Waals surface area contributed by atoms with Crippen molar-refractivity contribution in [1.82, 2.24) is 15.6 Å². The Morgan fingerprint density at radius 1 is 1.09 bits per heavy atom. The van der Waals surface area contributed by atoms with E-state index in [0.29, 0.717) is 11.4 Å². The number of ether oxygens (including phenoxy) is 1. The average Bonchev–Trinajstić information content (AvgIpc) is 3.41. The number of benzene rings is 2. The number of nitrogens with one attached hydrogen (secondary N) is 2. The highest BCUT2D eigenvalue weighted by molar-refractivity contribution is 7.09. The number of rotatable bonds is 8. The summed E-state index contributed by atoms with van der Waals surface area (Å²) >= 11 is 1.22. The topological polar surface area (TPSA) is 118 Å². The van der Waals surface area contributed by atoms with Gasteiger partial charge in [0.25, 0.3) is 0 Å². The molecule has 0 bridgehead atoms. The Hall–Kier alpha value is -3.72. The average molecular weight is 466 g/mol. The first kappa shape index (κ1) is 22.5. The van der Waals surface area contributed by atoms with Gasteiger partial charge in [-0.25, -0.2) is 14.6 Å². The summed E-state index contributed by atoms with van der Waals surface area (Å²) < 4.78 is 5.47. The molecule has 0 aliphatic heterocycles. The van der Waals surface area contributed by atoms with Gasteiger partial charge in [0.1, 0.15) is 12.6 Å². The van der Waals surface area contributed by atoms with E-state index in [1.54, 1.807) is 6.92 Å². The Morgan fingerprint density at radius 3 is 2.33 bits per heavy atom. The molecule has 1 aliphatic carbocycles. The minimum Gasteiger partial charge on any atom is -0.476 e. The molecule has 8 nitrogen and oxygen atoms in total. The molecule has 3 N–H and O–H groups in total. The molecule has 33 heavy (non-hydrogen) atoms. The molecule has 2 aromatic carbocycles. The van der Waals surface area contributed by atoms with E-state index in [0.717, 1.165) is 22.3 Å². The molecule has 2 amide bonds. The normalized spacial score (nSPS) is 13.0. The van der Waals surface area contributed by atoms with E-state index in [-0.39, 0.29) is 30.7 Å². The van der Waals surface area contributed by atoms with Crippen molar-refractivity contribution < 1.29 is 24.2 Å². The van der Waals surface area contributed by atoms with Crippen LogP contribution >= 0.6 is 11.3 Å². The van der Waals surface area contributed by atoms with E-state index >= 15 is 0 Å². The van der Waals surface area contributed by atoms with Gasteiger partial charge in [0.05, 0.1) is 5.01 Å². The number of carbonyl (C=O) groups is 3. The molecule has 9 heteroatoms. The molecule has 0 spiro atoms. The number of alkyl carbamates (subject to hydrolysis) is 1. The third kappa shape index (κ3) is 5.04. The Kier molecular flexibility index (Phi) is 6.69. The van der Waals surface area contributed by atoms with Crippen LogP contribution in [0.3, 0.4) is 0 Å². The number of nitrogens with zero attached hydrogens (tertiary/aromatic N) is 1. The van der Waals surface area contributed by atoms with Crippen LogP contribution in [-0.2, 0) is 16.0 Å². The molecule has 1 aliphatic rings. The lowest BCUT2D eigenvalue weighted by atomic mass is 9.98. The lowest BCUT2D eigenvalue weighted by Crippen LogP contribution is -2.45. The predicted molar refractivity (Wildman–Crippen MR) is 123 cm³/mol. The smallest absolute Gasteiger partial charge is 0.407 e. The van der Waals surface area contributed by atoms with Crippen molar-refractivity contribution in [2.75, 3.05) is 13.2 Å². The highest BCUT2D eigenvalue weighted by Crippen LogP contribution is 2.44. The molecule has 1 unspecified atom stereocenters. The number of carbonyl (C=O) groups excluding carboxylic acids is 2. The minimum absolute atomic E-state index is 0.00776.